The molecule has 6 heteroatoms. The molecule has 0 aliphatic carbocycles. The van der Waals surface area contributed by atoms with Crippen LogP contribution in [-0.2, 0) is 23.7 Å². The summed E-state index contributed by atoms with van der Waals surface area (Å²) in [6, 6.07) is 0. The number of aliphatic hydroxyl groups is 1. The normalized spacial score (nSPS) is 39.9. The molecular weight excluding hydrogens is 216 g/mol. The molecule has 1 heterocycles. The topological polar surface area (TPSA) is 66.4 Å². The molecule has 6 nitrogen and oxygen atoms in total. The van der Waals surface area contributed by atoms with E-state index in [1.165, 1.54) is 7.11 Å². The van der Waals surface area contributed by atoms with Gasteiger partial charge in [0.15, 0.2) is 6.29 Å². The smallest absolute Gasteiger partial charge is 0.184 e. The van der Waals surface area contributed by atoms with Crippen molar-refractivity contribution in [3.8, 4) is 0 Å². The molecule has 0 aromatic carbocycles. The van der Waals surface area contributed by atoms with Gasteiger partial charge in [-0.25, -0.2) is 0 Å². The molecule has 1 rings (SSSR count). The Kier molecular flexibility index (Phi) is 5.60. The molecule has 0 radical (unpaired) electrons. The predicted octanol–water partition coefficient (Wildman–Crippen LogP) is -0.605. The summed E-state index contributed by atoms with van der Waals surface area (Å²) in [7, 11) is 6.16. The molecule has 1 fully saturated rings. The maximum Gasteiger partial charge on any atom is 0.184 e. The van der Waals surface area contributed by atoms with Crippen LogP contribution in [0.25, 0.3) is 0 Å². The molecule has 0 bridgehead atoms. The van der Waals surface area contributed by atoms with Crippen molar-refractivity contribution in [3.05, 3.63) is 0 Å². The Morgan fingerprint density at radius 1 is 0.938 bits per heavy atom. The van der Waals surface area contributed by atoms with Crippen LogP contribution in [0.2, 0.25) is 0 Å². The molecule has 1 aliphatic heterocycles. The molecule has 0 aromatic rings. The summed E-state index contributed by atoms with van der Waals surface area (Å²) in [4.78, 5) is 0. The van der Waals surface area contributed by atoms with E-state index in [-0.39, 0.29) is 18.3 Å². The zero-order valence-corrected chi connectivity index (χ0v) is 10.1. The standard InChI is InChI=1S/C10H20O6/c1-12-5-6-7(13-2)8(14-3)9(15-4)10(11)16-6/h6-11H,5H2,1-4H3/t6?,7-,8-,9?,10?/m0/s1. The Morgan fingerprint density at radius 2 is 1.50 bits per heavy atom. The van der Waals surface area contributed by atoms with E-state index in [0.717, 1.165) is 0 Å². The zero-order chi connectivity index (χ0) is 12.1. The van der Waals surface area contributed by atoms with Crippen molar-refractivity contribution < 1.29 is 28.8 Å². The summed E-state index contributed by atoms with van der Waals surface area (Å²) >= 11 is 0. The lowest BCUT2D eigenvalue weighted by molar-refractivity contribution is -0.300. The van der Waals surface area contributed by atoms with Gasteiger partial charge in [-0.2, -0.15) is 0 Å². The van der Waals surface area contributed by atoms with E-state index in [9.17, 15) is 5.11 Å². The second-order valence-corrected chi connectivity index (χ2v) is 3.62. The number of hydrogen-bond acceptors (Lipinski definition) is 6. The first-order valence-electron chi connectivity index (χ1n) is 5.10. The Labute approximate surface area is 95.4 Å². The molecule has 0 spiro atoms. The first-order chi connectivity index (χ1) is 7.69. The van der Waals surface area contributed by atoms with Crippen LogP contribution in [0.15, 0.2) is 0 Å². The summed E-state index contributed by atoms with van der Waals surface area (Å²) in [5.41, 5.74) is 0. The van der Waals surface area contributed by atoms with Crippen LogP contribution in [0.4, 0.5) is 0 Å². The van der Waals surface area contributed by atoms with Gasteiger partial charge in [0.25, 0.3) is 0 Å². The fraction of sp³-hybridized carbons (Fsp3) is 1.00. The highest BCUT2D eigenvalue weighted by Gasteiger charge is 2.46. The summed E-state index contributed by atoms with van der Waals surface area (Å²) in [6.07, 6.45) is -2.71. The SMILES string of the molecule is COCC1OC(O)C(OC)[C@@H](OC)[C@H]1OC. The highest BCUT2D eigenvalue weighted by Crippen LogP contribution is 2.25. The lowest BCUT2D eigenvalue weighted by Gasteiger charge is -2.42. The van der Waals surface area contributed by atoms with Gasteiger partial charge in [0.2, 0.25) is 0 Å². The summed E-state index contributed by atoms with van der Waals surface area (Å²) in [5, 5.41) is 9.74. The third kappa shape index (κ3) is 2.71. The highest BCUT2D eigenvalue weighted by molar-refractivity contribution is 4.91. The van der Waals surface area contributed by atoms with Gasteiger partial charge in [0, 0.05) is 28.4 Å². The minimum Gasteiger partial charge on any atom is -0.382 e. The number of hydrogen-bond donors (Lipinski definition) is 1. The largest absolute Gasteiger partial charge is 0.382 e. The van der Waals surface area contributed by atoms with Gasteiger partial charge in [-0.1, -0.05) is 0 Å². The van der Waals surface area contributed by atoms with E-state index in [2.05, 4.69) is 0 Å². The van der Waals surface area contributed by atoms with Gasteiger partial charge in [-0.3, -0.25) is 0 Å². The average molecular weight is 236 g/mol. The van der Waals surface area contributed by atoms with Crippen LogP contribution < -0.4 is 0 Å². The molecule has 1 saturated heterocycles. The van der Waals surface area contributed by atoms with E-state index in [4.69, 9.17) is 23.7 Å². The van der Waals surface area contributed by atoms with Crippen molar-refractivity contribution in [2.45, 2.75) is 30.7 Å². The lowest BCUT2D eigenvalue weighted by atomic mass is 9.98. The van der Waals surface area contributed by atoms with Gasteiger partial charge in [-0.05, 0) is 0 Å². The minimum atomic E-state index is -1.04. The van der Waals surface area contributed by atoms with Gasteiger partial charge in [-0.15, -0.1) is 0 Å². The van der Waals surface area contributed by atoms with E-state index >= 15 is 0 Å². The highest BCUT2D eigenvalue weighted by atomic mass is 16.7. The monoisotopic (exact) mass is 236 g/mol. The van der Waals surface area contributed by atoms with Crippen molar-refractivity contribution in [3.63, 3.8) is 0 Å². The van der Waals surface area contributed by atoms with Crippen LogP contribution >= 0.6 is 0 Å². The maximum absolute atomic E-state index is 9.74. The molecule has 5 atom stereocenters. The van der Waals surface area contributed by atoms with Crippen LogP contribution in [-0.4, -0.2) is 70.9 Å². The van der Waals surface area contributed by atoms with E-state index < -0.39 is 12.4 Å². The van der Waals surface area contributed by atoms with Gasteiger partial charge < -0.3 is 28.8 Å². The number of ether oxygens (including phenoxy) is 5. The van der Waals surface area contributed by atoms with Crippen molar-refractivity contribution in [2.75, 3.05) is 35.0 Å². The predicted molar refractivity (Wildman–Crippen MR) is 55.1 cm³/mol. The quantitative estimate of drug-likeness (QED) is 0.687. The Balaban J connectivity index is 2.78. The molecule has 0 aromatic heterocycles. The van der Waals surface area contributed by atoms with Crippen molar-refractivity contribution >= 4 is 0 Å². The van der Waals surface area contributed by atoms with Crippen molar-refractivity contribution in [1.82, 2.24) is 0 Å². The van der Waals surface area contributed by atoms with Crippen LogP contribution in [0.3, 0.4) is 0 Å². The van der Waals surface area contributed by atoms with Gasteiger partial charge >= 0.3 is 0 Å². The Bertz CT molecular complexity index is 200. The van der Waals surface area contributed by atoms with Crippen LogP contribution in [0, 0.1) is 0 Å². The molecule has 0 saturated carbocycles. The summed E-state index contributed by atoms with van der Waals surface area (Å²) < 4.78 is 26.1. The van der Waals surface area contributed by atoms with Crippen LogP contribution in [0.1, 0.15) is 0 Å². The third-order valence-corrected chi connectivity index (χ3v) is 2.76. The van der Waals surface area contributed by atoms with Crippen molar-refractivity contribution in [2.24, 2.45) is 0 Å². The fourth-order valence-corrected chi connectivity index (χ4v) is 2.00. The number of methoxy groups -OCH3 is 4. The summed E-state index contributed by atoms with van der Waals surface area (Å²) in [6.45, 7) is 0.325. The first kappa shape index (κ1) is 13.8. The van der Waals surface area contributed by atoms with Crippen molar-refractivity contribution in [1.29, 1.82) is 0 Å². The summed E-state index contributed by atoms with van der Waals surface area (Å²) in [5.74, 6) is 0. The molecule has 1 aliphatic rings. The van der Waals surface area contributed by atoms with E-state index in [1.807, 2.05) is 0 Å². The second-order valence-electron chi connectivity index (χ2n) is 3.62. The molecule has 3 unspecified atom stereocenters. The molecular formula is C10H20O6. The number of aliphatic hydroxyl groups excluding tert-OH is 1. The zero-order valence-electron chi connectivity index (χ0n) is 10.1. The van der Waals surface area contributed by atoms with E-state index in [0.29, 0.717) is 6.61 Å². The molecule has 1 N–H and O–H groups in total. The van der Waals surface area contributed by atoms with Crippen LogP contribution in [0.5, 0.6) is 0 Å². The van der Waals surface area contributed by atoms with Gasteiger partial charge in [0.1, 0.15) is 24.4 Å². The molecule has 0 amide bonds. The fourth-order valence-electron chi connectivity index (χ4n) is 2.00. The Morgan fingerprint density at radius 3 is 1.94 bits per heavy atom. The van der Waals surface area contributed by atoms with E-state index in [1.54, 1.807) is 21.3 Å². The number of rotatable bonds is 5. The maximum atomic E-state index is 9.74. The lowest BCUT2D eigenvalue weighted by Crippen LogP contribution is -2.60. The molecule has 96 valence electrons. The Hall–Kier alpha value is -0.240. The average Bonchev–Trinajstić information content (AvgIpc) is 2.28. The minimum absolute atomic E-state index is 0.325. The first-order valence-corrected chi connectivity index (χ1v) is 5.10. The van der Waals surface area contributed by atoms with Gasteiger partial charge in [0.05, 0.1) is 6.61 Å². The second kappa shape index (κ2) is 6.48. The third-order valence-electron chi connectivity index (χ3n) is 2.76. The molecule has 16 heavy (non-hydrogen) atoms.